The third-order valence-corrected chi connectivity index (χ3v) is 7.19. The summed E-state index contributed by atoms with van der Waals surface area (Å²) in [6.45, 7) is 3.32. The molecule has 196 valence electrons. The molecule has 0 radical (unpaired) electrons. The predicted octanol–water partition coefficient (Wildman–Crippen LogP) is -2.78. The van der Waals surface area contributed by atoms with Crippen LogP contribution in [0.5, 0.6) is 0 Å². The summed E-state index contributed by atoms with van der Waals surface area (Å²) in [6, 6.07) is -2.31. The minimum absolute atomic E-state index is 0.00973. The quantitative estimate of drug-likeness (QED) is 0.0932. The fourth-order valence-electron chi connectivity index (χ4n) is 3.65. The van der Waals surface area contributed by atoms with Crippen LogP contribution in [0, 0.1) is 0 Å². The molecule has 2 fully saturated rings. The van der Waals surface area contributed by atoms with E-state index in [-0.39, 0.29) is 60.4 Å². The molecule has 2 aliphatic heterocycles. The first-order chi connectivity index (χ1) is 16.7. The number of likely N-dealkylation sites (N-methyl/N-ethyl adjacent to an activating group) is 1. The largest absolute Gasteiger partial charge is 0.355 e. The second kappa shape index (κ2) is 14.0. The molecule has 0 bridgehead atoms. The summed E-state index contributed by atoms with van der Waals surface area (Å²) in [7, 11) is 0. The highest BCUT2D eigenvalue weighted by atomic mass is 32.2. The van der Waals surface area contributed by atoms with Crippen molar-refractivity contribution in [3.63, 3.8) is 0 Å². The summed E-state index contributed by atoms with van der Waals surface area (Å²) in [5.74, 6) is -1.87. The van der Waals surface area contributed by atoms with Gasteiger partial charge < -0.3 is 37.2 Å². The number of fused-ring (bicyclic) bond motifs is 1. The molecule has 15 heteroatoms. The Hall–Kier alpha value is -2.68. The van der Waals surface area contributed by atoms with Crippen LogP contribution >= 0.6 is 24.4 Å². The topological polar surface area (TPSA) is 187 Å². The van der Waals surface area contributed by atoms with Gasteiger partial charge in [0.05, 0.1) is 24.4 Å². The lowest BCUT2D eigenvalue weighted by Gasteiger charge is -2.22. The molecule has 7 amide bonds. The molecule has 0 aromatic heterocycles. The van der Waals surface area contributed by atoms with Crippen molar-refractivity contribution in [2.75, 3.05) is 31.1 Å². The summed E-state index contributed by atoms with van der Waals surface area (Å²) in [5, 5.41) is 18.2. The van der Waals surface area contributed by atoms with E-state index in [0.717, 1.165) is 0 Å². The maximum atomic E-state index is 12.7. The molecule has 2 aliphatic rings. The Morgan fingerprint density at radius 1 is 0.971 bits per heavy atom. The van der Waals surface area contributed by atoms with Crippen molar-refractivity contribution in [3.8, 4) is 0 Å². The van der Waals surface area contributed by atoms with Gasteiger partial charge in [-0.1, -0.05) is 6.92 Å². The van der Waals surface area contributed by atoms with E-state index >= 15 is 0 Å². The number of thioether (sulfide) groups is 1. The van der Waals surface area contributed by atoms with Crippen molar-refractivity contribution in [2.45, 2.75) is 56.1 Å². The minimum atomic E-state index is -1.14. The number of nitrogens with one attached hydrogen (secondary N) is 7. The van der Waals surface area contributed by atoms with E-state index in [2.05, 4.69) is 49.8 Å². The van der Waals surface area contributed by atoms with Gasteiger partial charge in [0.2, 0.25) is 29.5 Å². The molecule has 7 N–H and O–H groups in total. The number of rotatable bonds is 13. The monoisotopic (exact) mass is 531 g/mol. The normalized spacial score (nSPS) is 22.0. The molecule has 2 saturated heterocycles. The number of thiol groups is 1. The van der Waals surface area contributed by atoms with Gasteiger partial charge in [-0.3, -0.25) is 24.0 Å². The lowest BCUT2D eigenvalue weighted by Crippen LogP contribution is -2.57. The van der Waals surface area contributed by atoms with Crippen LogP contribution in [0.25, 0.3) is 0 Å². The highest BCUT2D eigenvalue weighted by molar-refractivity contribution is 8.00. The lowest BCUT2D eigenvalue weighted by atomic mass is 10.1. The highest BCUT2D eigenvalue weighted by Gasteiger charge is 2.43. The summed E-state index contributed by atoms with van der Waals surface area (Å²) < 4.78 is 0. The Kier molecular flexibility index (Phi) is 11.4. The average molecular weight is 532 g/mol. The molecule has 0 aliphatic carbocycles. The zero-order chi connectivity index (χ0) is 26.0. The maximum absolute atomic E-state index is 12.7. The molecule has 35 heavy (non-hydrogen) atoms. The van der Waals surface area contributed by atoms with Crippen LogP contribution in [0.15, 0.2) is 0 Å². The number of carbonyl (C=O) groups is 6. The van der Waals surface area contributed by atoms with Crippen LogP contribution in [0.3, 0.4) is 0 Å². The van der Waals surface area contributed by atoms with E-state index in [1.807, 2.05) is 0 Å². The molecular formula is C20H33N7O6S2. The van der Waals surface area contributed by atoms with Crippen molar-refractivity contribution in [3.05, 3.63) is 0 Å². The molecule has 0 saturated carbocycles. The maximum Gasteiger partial charge on any atom is 0.315 e. The van der Waals surface area contributed by atoms with E-state index in [1.54, 1.807) is 25.6 Å². The first-order valence-corrected chi connectivity index (χ1v) is 13.1. The Labute approximate surface area is 213 Å². The van der Waals surface area contributed by atoms with Crippen LogP contribution in [-0.4, -0.2) is 96.1 Å². The second-order valence-electron chi connectivity index (χ2n) is 8.05. The van der Waals surface area contributed by atoms with E-state index < -0.39 is 29.8 Å². The summed E-state index contributed by atoms with van der Waals surface area (Å²) >= 11 is 5.45. The molecule has 5 unspecified atom stereocenters. The molecule has 0 spiro atoms. The third kappa shape index (κ3) is 8.80. The van der Waals surface area contributed by atoms with Crippen LogP contribution in [0.4, 0.5) is 4.79 Å². The molecule has 2 rings (SSSR count). The second-order valence-corrected chi connectivity index (χ2v) is 9.64. The van der Waals surface area contributed by atoms with Gasteiger partial charge >= 0.3 is 6.03 Å². The van der Waals surface area contributed by atoms with E-state index in [9.17, 15) is 28.8 Å². The molecule has 2 heterocycles. The summed E-state index contributed by atoms with van der Waals surface area (Å²) in [5.41, 5.74) is 0. The SMILES string of the molecule is CCNC(=O)C(CC)NC(=O)C(CNC(=O)CNC(=O)CC1SCC2NC(=O)NC21)NC(=O)CS. The van der Waals surface area contributed by atoms with Crippen molar-refractivity contribution in [1.82, 2.24) is 37.2 Å². The first-order valence-electron chi connectivity index (χ1n) is 11.4. The number of carbonyl (C=O) groups excluding carboxylic acids is 6. The molecular weight excluding hydrogens is 498 g/mol. The molecule has 5 atom stereocenters. The van der Waals surface area contributed by atoms with Gasteiger partial charge in [-0.15, -0.1) is 0 Å². The zero-order valence-corrected chi connectivity index (χ0v) is 21.4. The Bertz CT molecular complexity index is 830. The van der Waals surface area contributed by atoms with E-state index in [1.165, 1.54) is 0 Å². The summed E-state index contributed by atoms with van der Waals surface area (Å²) in [4.78, 5) is 72.5. The van der Waals surface area contributed by atoms with Gasteiger partial charge in [0.1, 0.15) is 12.1 Å². The smallest absolute Gasteiger partial charge is 0.315 e. The molecule has 0 aromatic carbocycles. The Morgan fingerprint density at radius 3 is 2.37 bits per heavy atom. The third-order valence-electron chi connectivity index (χ3n) is 5.46. The predicted molar refractivity (Wildman–Crippen MR) is 133 cm³/mol. The van der Waals surface area contributed by atoms with E-state index in [4.69, 9.17) is 0 Å². The van der Waals surface area contributed by atoms with Crippen LogP contribution in [0.2, 0.25) is 0 Å². The van der Waals surface area contributed by atoms with Gasteiger partial charge in [0, 0.05) is 30.5 Å². The first kappa shape index (κ1) is 28.6. The lowest BCUT2D eigenvalue weighted by molar-refractivity contribution is -0.132. The Balaban J connectivity index is 1.81. The van der Waals surface area contributed by atoms with Gasteiger partial charge in [0.25, 0.3) is 0 Å². The van der Waals surface area contributed by atoms with Gasteiger partial charge in [0.15, 0.2) is 0 Å². The van der Waals surface area contributed by atoms with Crippen LogP contribution in [0.1, 0.15) is 26.7 Å². The van der Waals surface area contributed by atoms with Gasteiger partial charge in [-0.2, -0.15) is 24.4 Å². The van der Waals surface area contributed by atoms with Gasteiger partial charge in [-0.05, 0) is 13.3 Å². The zero-order valence-electron chi connectivity index (χ0n) is 19.6. The fourth-order valence-corrected chi connectivity index (χ4v) is 5.22. The highest BCUT2D eigenvalue weighted by Crippen LogP contribution is 2.31. The van der Waals surface area contributed by atoms with E-state index in [0.29, 0.717) is 18.7 Å². The average Bonchev–Trinajstić information content (AvgIpc) is 3.37. The number of hydrogen-bond donors (Lipinski definition) is 8. The van der Waals surface area contributed by atoms with Crippen molar-refractivity contribution >= 4 is 60.0 Å². The number of urea groups is 1. The molecule has 0 aromatic rings. The van der Waals surface area contributed by atoms with Crippen LogP contribution < -0.4 is 37.2 Å². The van der Waals surface area contributed by atoms with Crippen molar-refractivity contribution in [2.24, 2.45) is 0 Å². The summed E-state index contributed by atoms with van der Waals surface area (Å²) in [6.07, 6.45) is 0.478. The number of amides is 7. The fraction of sp³-hybridized carbons (Fsp3) is 0.700. The Morgan fingerprint density at radius 2 is 1.71 bits per heavy atom. The van der Waals surface area contributed by atoms with Crippen LogP contribution in [-0.2, 0) is 24.0 Å². The standard InChI is InChI=1S/C20H33N7O6S2/c1-3-10(18(31)21-4-2)25-19(32)11(24-16(30)8-34)6-22-15(29)7-23-14(28)5-13-17-12(9-35-13)26-20(33)27-17/h10-13,17,34H,3-9H2,1-2H3,(H,21,31)(H,22,29)(H,23,28)(H,24,30)(H,25,32)(H2,26,27,33). The number of hydrogen-bond acceptors (Lipinski definition) is 8. The minimum Gasteiger partial charge on any atom is -0.355 e. The van der Waals surface area contributed by atoms with Crippen molar-refractivity contribution < 1.29 is 28.8 Å². The molecule has 13 nitrogen and oxygen atoms in total. The van der Waals surface area contributed by atoms with Crippen molar-refractivity contribution in [1.29, 1.82) is 0 Å². The van der Waals surface area contributed by atoms with Gasteiger partial charge in [-0.25, -0.2) is 4.79 Å².